The number of nitrogens with two attached hydrogens (primary N) is 2. The van der Waals surface area contributed by atoms with E-state index in [-0.39, 0.29) is 16.5 Å². The molecule has 0 saturated heterocycles. The maximum Gasteiger partial charge on any atom is 0.269 e. The zero-order valence-electron chi connectivity index (χ0n) is 11.4. The molecule has 7 heteroatoms. The van der Waals surface area contributed by atoms with E-state index in [4.69, 9.17) is 23.1 Å². The number of carbonyl (C=O) groups is 1. The molecule has 1 amide bonds. The first kappa shape index (κ1) is 14.8. The fourth-order valence-electron chi connectivity index (χ4n) is 1.97. The Kier molecular flexibility index (Phi) is 4.09. The number of carbonyl (C=O) groups excluding carboxylic acids is 1. The van der Waals surface area contributed by atoms with Gasteiger partial charge in [-0.25, -0.2) is 4.98 Å². The summed E-state index contributed by atoms with van der Waals surface area (Å²) in [6, 6.07) is 1.57. The monoisotopic (exact) mass is 303 g/mol. The summed E-state index contributed by atoms with van der Waals surface area (Å²) < 4.78 is 0. The Hall–Kier alpha value is -2.60. The standard InChI is InChI=1S/C14H14ClN5O/c1-3-4-8(10-6-18-20-7(10)2)9-5-11(15)19-13(12(9)16)14(17)21/h3-6,20H,2,16H2,1H3,(H2,17,21)/b4-3-,10-8+. The van der Waals surface area contributed by atoms with E-state index >= 15 is 0 Å². The number of aromatic nitrogens is 3. The van der Waals surface area contributed by atoms with Gasteiger partial charge in [-0.3, -0.25) is 9.89 Å². The molecule has 2 rings (SSSR count). The smallest absolute Gasteiger partial charge is 0.269 e. The van der Waals surface area contributed by atoms with Crippen molar-refractivity contribution < 1.29 is 4.79 Å². The highest BCUT2D eigenvalue weighted by atomic mass is 35.5. The van der Waals surface area contributed by atoms with Gasteiger partial charge < -0.3 is 11.5 Å². The van der Waals surface area contributed by atoms with Gasteiger partial charge in [0.2, 0.25) is 0 Å². The Morgan fingerprint density at radius 1 is 1.52 bits per heavy atom. The fourth-order valence-corrected chi connectivity index (χ4v) is 2.16. The minimum Gasteiger partial charge on any atom is -0.396 e. The molecule has 0 fully saturated rings. The zero-order chi connectivity index (χ0) is 15.6. The van der Waals surface area contributed by atoms with Crippen molar-refractivity contribution in [1.29, 1.82) is 0 Å². The van der Waals surface area contributed by atoms with Gasteiger partial charge in [0.15, 0.2) is 5.69 Å². The molecular formula is C14H14ClN5O. The number of nitrogen functional groups attached to an aromatic ring is 1. The van der Waals surface area contributed by atoms with Gasteiger partial charge in [-0.15, -0.1) is 0 Å². The predicted molar refractivity (Wildman–Crippen MR) is 82.9 cm³/mol. The molecule has 0 saturated carbocycles. The van der Waals surface area contributed by atoms with Crippen LogP contribution in [0.2, 0.25) is 5.15 Å². The number of hydrogen-bond donors (Lipinski definition) is 3. The van der Waals surface area contributed by atoms with E-state index in [1.165, 1.54) is 0 Å². The molecule has 21 heavy (non-hydrogen) atoms. The first-order chi connectivity index (χ1) is 9.95. The number of pyridine rings is 1. The van der Waals surface area contributed by atoms with E-state index in [1.54, 1.807) is 12.3 Å². The van der Waals surface area contributed by atoms with E-state index in [2.05, 4.69) is 21.8 Å². The molecular weight excluding hydrogens is 290 g/mol. The van der Waals surface area contributed by atoms with Gasteiger partial charge in [-0.05, 0) is 18.6 Å². The molecule has 2 heterocycles. The second-order valence-corrected chi connectivity index (χ2v) is 4.68. The van der Waals surface area contributed by atoms with Crippen LogP contribution in [0.3, 0.4) is 0 Å². The number of halogens is 1. The Bertz CT molecular complexity index is 838. The molecule has 108 valence electrons. The van der Waals surface area contributed by atoms with E-state index < -0.39 is 5.91 Å². The molecule has 2 aromatic heterocycles. The van der Waals surface area contributed by atoms with Crippen molar-refractivity contribution in [1.82, 2.24) is 15.2 Å². The predicted octanol–water partition coefficient (Wildman–Crippen LogP) is 0.325. The minimum atomic E-state index is -0.738. The van der Waals surface area contributed by atoms with Gasteiger partial charge in [0.1, 0.15) is 5.15 Å². The lowest BCUT2D eigenvalue weighted by Crippen LogP contribution is -2.24. The lowest BCUT2D eigenvalue weighted by atomic mass is 10.0. The van der Waals surface area contributed by atoms with Gasteiger partial charge in [0.05, 0.1) is 17.2 Å². The van der Waals surface area contributed by atoms with Crippen LogP contribution >= 0.6 is 11.6 Å². The molecule has 0 atom stereocenters. The van der Waals surface area contributed by atoms with Crippen LogP contribution in [0.5, 0.6) is 0 Å². The van der Waals surface area contributed by atoms with Crippen LogP contribution in [0, 0.1) is 0 Å². The Morgan fingerprint density at radius 3 is 2.76 bits per heavy atom. The van der Waals surface area contributed by atoms with Crippen molar-refractivity contribution in [2.75, 3.05) is 5.73 Å². The number of primary amides is 1. The van der Waals surface area contributed by atoms with Crippen LogP contribution in [0.1, 0.15) is 23.0 Å². The Labute approximate surface area is 125 Å². The third-order valence-electron chi connectivity index (χ3n) is 2.89. The molecule has 0 aliphatic rings. The quantitative estimate of drug-likeness (QED) is 0.709. The normalized spacial score (nSPS) is 12.7. The topological polar surface area (TPSA) is 111 Å². The lowest BCUT2D eigenvalue weighted by molar-refractivity contribution is 0.0996. The van der Waals surface area contributed by atoms with Crippen LogP contribution in [0.4, 0.5) is 5.69 Å². The summed E-state index contributed by atoms with van der Waals surface area (Å²) in [7, 11) is 0. The van der Waals surface area contributed by atoms with Crippen molar-refractivity contribution in [3.05, 3.63) is 51.4 Å². The molecule has 0 aromatic carbocycles. The van der Waals surface area contributed by atoms with Gasteiger partial charge in [-0.2, -0.15) is 5.10 Å². The van der Waals surface area contributed by atoms with Gasteiger partial charge in [-0.1, -0.05) is 30.3 Å². The van der Waals surface area contributed by atoms with Crippen LogP contribution in [0.15, 0.2) is 24.4 Å². The van der Waals surface area contributed by atoms with E-state index in [0.29, 0.717) is 10.9 Å². The lowest BCUT2D eigenvalue weighted by Gasteiger charge is -2.10. The summed E-state index contributed by atoms with van der Waals surface area (Å²) in [4.78, 5) is 15.3. The molecule has 0 aliphatic carbocycles. The van der Waals surface area contributed by atoms with Crippen LogP contribution in [0.25, 0.3) is 12.2 Å². The largest absolute Gasteiger partial charge is 0.396 e. The van der Waals surface area contributed by atoms with E-state index in [0.717, 1.165) is 10.8 Å². The molecule has 0 spiro atoms. The second-order valence-electron chi connectivity index (χ2n) is 4.29. The highest BCUT2D eigenvalue weighted by Crippen LogP contribution is 2.26. The van der Waals surface area contributed by atoms with Crippen molar-refractivity contribution in [2.24, 2.45) is 5.73 Å². The number of rotatable bonds is 3. The van der Waals surface area contributed by atoms with E-state index in [1.807, 2.05) is 19.1 Å². The molecule has 0 aliphatic heterocycles. The summed E-state index contributed by atoms with van der Waals surface area (Å²) in [6.07, 6.45) is 5.28. The number of aromatic amines is 1. The van der Waals surface area contributed by atoms with Crippen LogP contribution in [-0.4, -0.2) is 21.1 Å². The molecule has 2 aromatic rings. The third kappa shape index (κ3) is 2.80. The second kappa shape index (κ2) is 5.80. The summed E-state index contributed by atoms with van der Waals surface area (Å²) in [5.41, 5.74) is 12.7. The minimum absolute atomic E-state index is 0.0615. The molecule has 0 unspecified atom stereocenters. The van der Waals surface area contributed by atoms with Crippen molar-refractivity contribution in [3.63, 3.8) is 0 Å². The van der Waals surface area contributed by atoms with Crippen LogP contribution in [-0.2, 0) is 0 Å². The van der Waals surface area contributed by atoms with Gasteiger partial charge in [0.25, 0.3) is 5.91 Å². The molecule has 0 radical (unpaired) electrons. The Balaban J connectivity index is 2.90. The highest BCUT2D eigenvalue weighted by Gasteiger charge is 2.16. The van der Waals surface area contributed by atoms with Crippen molar-refractivity contribution in [2.45, 2.75) is 6.92 Å². The first-order valence-electron chi connectivity index (χ1n) is 6.07. The highest BCUT2D eigenvalue weighted by molar-refractivity contribution is 6.30. The number of nitrogens with one attached hydrogen (secondary N) is 1. The van der Waals surface area contributed by atoms with Crippen molar-refractivity contribution in [3.8, 4) is 0 Å². The maximum atomic E-state index is 11.4. The van der Waals surface area contributed by atoms with Gasteiger partial charge in [0, 0.05) is 10.8 Å². The number of H-pyrrole nitrogens is 1. The summed E-state index contributed by atoms with van der Waals surface area (Å²) in [5.74, 6) is -0.738. The number of anilines is 1. The average Bonchev–Trinajstić information content (AvgIpc) is 2.84. The Morgan fingerprint density at radius 2 is 2.24 bits per heavy atom. The summed E-state index contributed by atoms with van der Waals surface area (Å²) >= 11 is 5.96. The molecule has 6 nitrogen and oxygen atoms in total. The number of allylic oxidation sites excluding steroid dienone is 2. The summed E-state index contributed by atoms with van der Waals surface area (Å²) in [5, 5.41) is 8.19. The van der Waals surface area contributed by atoms with Crippen molar-refractivity contribution >= 4 is 35.3 Å². The molecule has 0 bridgehead atoms. The fraction of sp³-hybridized carbons (Fsp3) is 0.0714. The number of hydrogen-bond acceptors (Lipinski definition) is 4. The summed E-state index contributed by atoms with van der Waals surface area (Å²) in [6.45, 7) is 5.72. The first-order valence-corrected chi connectivity index (χ1v) is 6.45. The zero-order valence-corrected chi connectivity index (χ0v) is 12.1. The number of amides is 1. The molecule has 5 N–H and O–H groups in total. The maximum absolute atomic E-state index is 11.4. The van der Waals surface area contributed by atoms with E-state index in [9.17, 15) is 4.79 Å². The van der Waals surface area contributed by atoms with Crippen LogP contribution < -0.4 is 22.0 Å². The average molecular weight is 304 g/mol. The third-order valence-corrected chi connectivity index (χ3v) is 3.09. The SMILES string of the molecule is C=c1[nH]nc/c1=C(/C=C\C)c1cc(Cl)nc(C(N)=O)c1N. The number of nitrogens with zero attached hydrogens (tertiary/aromatic N) is 2. The van der Waals surface area contributed by atoms with Gasteiger partial charge >= 0.3 is 0 Å².